The highest BCUT2D eigenvalue weighted by Gasteiger charge is 2.12. The third kappa shape index (κ3) is 3.51. The Morgan fingerprint density at radius 3 is 2.29 bits per heavy atom. The van der Waals surface area contributed by atoms with Crippen molar-refractivity contribution in [3.05, 3.63) is 59.4 Å². The maximum absolute atomic E-state index is 13.6. The van der Waals surface area contributed by atoms with Gasteiger partial charge in [0.1, 0.15) is 5.82 Å². The quantitative estimate of drug-likeness (QED) is 0.787. The van der Waals surface area contributed by atoms with E-state index in [4.69, 9.17) is 0 Å². The number of benzene rings is 2. The molecule has 112 valence electrons. The first-order chi connectivity index (χ1) is 10.1. The minimum atomic E-state index is -0.192. The molecule has 1 N–H and O–H groups in total. The largest absolute Gasteiger partial charge is 0.313 e. The van der Waals surface area contributed by atoms with Crippen LogP contribution in [0.2, 0.25) is 0 Å². The average molecular weight is 285 g/mol. The molecule has 2 unspecified atom stereocenters. The van der Waals surface area contributed by atoms with E-state index in [1.54, 1.807) is 6.07 Å². The Kier molecular flexibility index (Phi) is 5.13. The van der Waals surface area contributed by atoms with Crippen LogP contribution < -0.4 is 5.32 Å². The van der Waals surface area contributed by atoms with Gasteiger partial charge in [-0.3, -0.25) is 0 Å². The Morgan fingerprint density at radius 1 is 1.05 bits per heavy atom. The monoisotopic (exact) mass is 285 g/mol. The van der Waals surface area contributed by atoms with Gasteiger partial charge in [0, 0.05) is 6.04 Å². The van der Waals surface area contributed by atoms with Crippen molar-refractivity contribution in [3.8, 4) is 11.1 Å². The number of halogens is 1. The summed E-state index contributed by atoms with van der Waals surface area (Å²) in [7, 11) is 1.92. The van der Waals surface area contributed by atoms with Crippen LogP contribution >= 0.6 is 0 Å². The molecule has 2 atom stereocenters. The topological polar surface area (TPSA) is 12.0 Å². The summed E-state index contributed by atoms with van der Waals surface area (Å²) in [5.74, 6) is 0.366. The lowest BCUT2D eigenvalue weighted by Crippen LogP contribution is -2.13. The van der Waals surface area contributed by atoms with Crippen LogP contribution in [0.15, 0.2) is 42.5 Å². The molecule has 0 aromatic heterocycles. The minimum Gasteiger partial charge on any atom is -0.313 e. The lowest BCUT2D eigenvalue weighted by atomic mass is 9.92. The van der Waals surface area contributed by atoms with Crippen LogP contribution in [-0.4, -0.2) is 7.05 Å². The van der Waals surface area contributed by atoms with Gasteiger partial charge < -0.3 is 5.32 Å². The van der Waals surface area contributed by atoms with Gasteiger partial charge in [0.2, 0.25) is 0 Å². The summed E-state index contributed by atoms with van der Waals surface area (Å²) < 4.78 is 13.6. The van der Waals surface area contributed by atoms with E-state index >= 15 is 0 Å². The first-order valence-electron chi connectivity index (χ1n) is 7.63. The van der Waals surface area contributed by atoms with Gasteiger partial charge in [-0.1, -0.05) is 44.2 Å². The van der Waals surface area contributed by atoms with E-state index in [0.29, 0.717) is 5.92 Å². The van der Waals surface area contributed by atoms with Crippen LogP contribution in [0.5, 0.6) is 0 Å². The summed E-state index contributed by atoms with van der Waals surface area (Å²) in [5.41, 5.74) is 4.49. The minimum absolute atomic E-state index is 0.190. The van der Waals surface area contributed by atoms with E-state index in [1.807, 2.05) is 13.1 Å². The Bertz CT molecular complexity index is 589. The molecule has 0 heterocycles. The Labute approximate surface area is 127 Å². The molecule has 21 heavy (non-hydrogen) atoms. The Morgan fingerprint density at radius 2 is 1.71 bits per heavy atom. The third-order valence-electron chi connectivity index (χ3n) is 4.32. The zero-order valence-corrected chi connectivity index (χ0v) is 13.3. The second-order valence-electron chi connectivity index (χ2n) is 5.67. The highest BCUT2D eigenvalue weighted by atomic mass is 19.1. The van der Waals surface area contributed by atoms with Gasteiger partial charge in [0.05, 0.1) is 0 Å². The molecular formula is C19H24FN. The zero-order chi connectivity index (χ0) is 15.4. The molecule has 0 radical (unpaired) electrons. The summed E-state index contributed by atoms with van der Waals surface area (Å²) in [6.45, 7) is 6.51. The van der Waals surface area contributed by atoms with Crippen molar-refractivity contribution < 1.29 is 4.39 Å². The van der Waals surface area contributed by atoms with Crippen LogP contribution in [0.4, 0.5) is 4.39 Å². The number of hydrogen-bond donors (Lipinski definition) is 1. The lowest BCUT2D eigenvalue weighted by Gasteiger charge is -2.17. The molecule has 0 amide bonds. The molecule has 0 aliphatic carbocycles. The van der Waals surface area contributed by atoms with Crippen molar-refractivity contribution in [1.82, 2.24) is 5.32 Å². The third-order valence-corrected chi connectivity index (χ3v) is 4.32. The molecule has 2 heteroatoms. The van der Waals surface area contributed by atoms with Gasteiger partial charge in [-0.2, -0.15) is 0 Å². The smallest absolute Gasteiger partial charge is 0.123 e. The van der Waals surface area contributed by atoms with Crippen LogP contribution in [0.25, 0.3) is 11.1 Å². The molecule has 0 bridgehead atoms. The Balaban J connectivity index is 2.43. The van der Waals surface area contributed by atoms with Crippen molar-refractivity contribution in [1.29, 1.82) is 0 Å². The summed E-state index contributed by atoms with van der Waals surface area (Å²) in [6, 6.07) is 13.7. The predicted octanol–water partition coefficient (Wildman–Crippen LogP) is 5.29. The second-order valence-corrected chi connectivity index (χ2v) is 5.67. The fourth-order valence-corrected chi connectivity index (χ4v) is 2.54. The first kappa shape index (κ1) is 15.7. The van der Waals surface area contributed by atoms with Gasteiger partial charge in [0.15, 0.2) is 0 Å². The standard InChI is InChI=1S/C19H24FN/c1-5-13(2)15-6-8-16(9-7-15)19-12-17(20)10-11-18(19)14(3)21-4/h6-14,21H,5H2,1-4H3. The Hall–Kier alpha value is -1.67. The molecule has 2 aromatic carbocycles. The molecule has 0 spiro atoms. The molecule has 0 saturated carbocycles. The summed E-state index contributed by atoms with van der Waals surface area (Å²) in [5, 5.41) is 3.23. The van der Waals surface area contributed by atoms with Crippen molar-refractivity contribution in [2.75, 3.05) is 7.05 Å². The van der Waals surface area contributed by atoms with Crippen molar-refractivity contribution >= 4 is 0 Å². The molecular weight excluding hydrogens is 261 g/mol. The zero-order valence-electron chi connectivity index (χ0n) is 13.3. The van der Waals surface area contributed by atoms with Gasteiger partial charge in [-0.25, -0.2) is 4.39 Å². The van der Waals surface area contributed by atoms with Gasteiger partial charge in [-0.15, -0.1) is 0 Å². The molecule has 0 aliphatic heterocycles. The molecule has 2 aromatic rings. The summed E-state index contributed by atoms with van der Waals surface area (Å²) in [6.07, 6.45) is 1.13. The first-order valence-corrected chi connectivity index (χ1v) is 7.63. The van der Waals surface area contributed by atoms with Crippen LogP contribution in [-0.2, 0) is 0 Å². The van der Waals surface area contributed by atoms with Gasteiger partial charge >= 0.3 is 0 Å². The van der Waals surface area contributed by atoms with E-state index in [0.717, 1.165) is 23.1 Å². The fraction of sp³-hybridized carbons (Fsp3) is 0.368. The number of rotatable bonds is 5. The maximum atomic E-state index is 13.6. The lowest BCUT2D eigenvalue weighted by molar-refractivity contribution is 0.620. The second kappa shape index (κ2) is 6.86. The highest BCUT2D eigenvalue weighted by molar-refractivity contribution is 5.68. The fourth-order valence-electron chi connectivity index (χ4n) is 2.54. The van der Waals surface area contributed by atoms with Crippen molar-refractivity contribution in [2.24, 2.45) is 0 Å². The van der Waals surface area contributed by atoms with Crippen molar-refractivity contribution in [3.63, 3.8) is 0 Å². The number of nitrogens with one attached hydrogen (secondary N) is 1. The summed E-state index contributed by atoms with van der Waals surface area (Å²) in [4.78, 5) is 0. The van der Waals surface area contributed by atoms with Crippen LogP contribution in [0.1, 0.15) is 50.3 Å². The van der Waals surface area contributed by atoms with E-state index in [1.165, 1.54) is 11.6 Å². The molecule has 0 saturated heterocycles. The molecule has 0 fully saturated rings. The van der Waals surface area contributed by atoms with Crippen LogP contribution in [0.3, 0.4) is 0 Å². The molecule has 2 rings (SSSR count). The van der Waals surface area contributed by atoms with Gasteiger partial charge in [0.25, 0.3) is 0 Å². The maximum Gasteiger partial charge on any atom is 0.123 e. The number of hydrogen-bond acceptors (Lipinski definition) is 1. The average Bonchev–Trinajstić information content (AvgIpc) is 2.53. The normalized spacial score (nSPS) is 14.0. The molecule has 0 aliphatic rings. The van der Waals surface area contributed by atoms with E-state index in [9.17, 15) is 4.39 Å². The molecule has 1 nitrogen and oxygen atoms in total. The predicted molar refractivity (Wildman–Crippen MR) is 88.0 cm³/mol. The summed E-state index contributed by atoms with van der Waals surface area (Å²) >= 11 is 0. The van der Waals surface area contributed by atoms with Crippen LogP contribution in [0, 0.1) is 5.82 Å². The van der Waals surface area contributed by atoms with E-state index < -0.39 is 0 Å². The highest BCUT2D eigenvalue weighted by Crippen LogP contribution is 2.30. The SMILES string of the molecule is CCC(C)c1ccc(-c2cc(F)ccc2C(C)NC)cc1. The van der Waals surface area contributed by atoms with Crippen molar-refractivity contribution in [2.45, 2.75) is 39.2 Å². The van der Waals surface area contributed by atoms with E-state index in [-0.39, 0.29) is 11.9 Å². The van der Waals surface area contributed by atoms with E-state index in [2.05, 4.69) is 50.4 Å². The van der Waals surface area contributed by atoms with Gasteiger partial charge in [-0.05, 0) is 60.7 Å².